The lowest BCUT2D eigenvalue weighted by Crippen LogP contribution is -2.38. The van der Waals surface area contributed by atoms with E-state index in [-0.39, 0.29) is 24.9 Å². The Morgan fingerprint density at radius 3 is 2.68 bits per heavy atom. The number of rotatable bonds is 4. The van der Waals surface area contributed by atoms with E-state index in [1.54, 1.807) is 4.90 Å². The van der Waals surface area contributed by atoms with Gasteiger partial charge in [-0.25, -0.2) is 4.39 Å². The van der Waals surface area contributed by atoms with Crippen molar-refractivity contribution in [2.24, 2.45) is 0 Å². The Hall–Kier alpha value is -1.62. The van der Waals surface area contributed by atoms with E-state index in [2.05, 4.69) is 0 Å². The molecule has 19 heavy (non-hydrogen) atoms. The molecule has 1 fully saturated rings. The molecule has 0 saturated carbocycles. The summed E-state index contributed by atoms with van der Waals surface area (Å²) in [7, 11) is 0. The lowest BCUT2D eigenvalue weighted by Gasteiger charge is -2.26. The minimum atomic E-state index is -0.480. The van der Waals surface area contributed by atoms with Gasteiger partial charge in [0.15, 0.2) is 6.61 Å². The van der Waals surface area contributed by atoms with Crippen LogP contribution in [-0.4, -0.2) is 35.6 Å². The SMILES string of the molecule is O=C(COc1cc(F)cc(CO)c1)N1CCCCC1. The normalized spacial score (nSPS) is 15.4. The first-order chi connectivity index (χ1) is 9.19. The molecule has 104 valence electrons. The van der Waals surface area contributed by atoms with Gasteiger partial charge in [-0.05, 0) is 37.0 Å². The number of carbonyl (C=O) groups is 1. The van der Waals surface area contributed by atoms with Crippen molar-refractivity contribution < 1.29 is 19.0 Å². The van der Waals surface area contributed by atoms with E-state index in [9.17, 15) is 9.18 Å². The van der Waals surface area contributed by atoms with Gasteiger partial charge >= 0.3 is 0 Å². The number of ether oxygens (including phenoxy) is 1. The third kappa shape index (κ3) is 3.92. The molecule has 1 heterocycles. The number of hydrogen-bond acceptors (Lipinski definition) is 3. The fraction of sp³-hybridized carbons (Fsp3) is 0.500. The van der Waals surface area contributed by atoms with Crippen molar-refractivity contribution in [1.29, 1.82) is 0 Å². The van der Waals surface area contributed by atoms with Crippen LogP contribution in [0.2, 0.25) is 0 Å². The Morgan fingerprint density at radius 2 is 2.00 bits per heavy atom. The van der Waals surface area contributed by atoms with Crippen molar-refractivity contribution in [2.45, 2.75) is 25.9 Å². The Balaban J connectivity index is 1.90. The average molecular weight is 267 g/mol. The Labute approximate surface area is 111 Å². The second-order valence-electron chi connectivity index (χ2n) is 4.68. The van der Waals surface area contributed by atoms with Crippen molar-refractivity contribution in [1.82, 2.24) is 4.90 Å². The Bertz CT molecular complexity index is 444. The summed E-state index contributed by atoms with van der Waals surface area (Å²) in [5.41, 5.74) is 0.431. The summed E-state index contributed by atoms with van der Waals surface area (Å²) in [6.45, 7) is 1.20. The lowest BCUT2D eigenvalue weighted by molar-refractivity contribution is -0.134. The molecule has 0 aliphatic carbocycles. The van der Waals surface area contributed by atoms with Crippen molar-refractivity contribution in [2.75, 3.05) is 19.7 Å². The summed E-state index contributed by atoms with van der Waals surface area (Å²) in [6, 6.07) is 3.98. The number of aliphatic hydroxyl groups excluding tert-OH is 1. The van der Waals surface area contributed by atoms with E-state index in [0.29, 0.717) is 5.56 Å². The van der Waals surface area contributed by atoms with Gasteiger partial charge in [0.25, 0.3) is 5.91 Å². The summed E-state index contributed by atoms with van der Waals surface area (Å²) in [5.74, 6) is -0.282. The van der Waals surface area contributed by atoms with Gasteiger partial charge in [-0.3, -0.25) is 4.79 Å². The monoisotopic (exact) mass is 267 g/mol. The van der Waals surface area contributed by atoms with E-state index in [1.165, 1.54) is 18.2 Å². The predicted molar refractivity (Wildman–Crippen MR) is 68.2 cm³/mol. The van der Waals surface area contributed by atoms with Crippen LogP contribution in [0.5, 0.6) is 5.75 Å². The highest BCUT2D eigenvalue weighted by molar-refractivity contribution is 5.77. The zero-order chi connectivity index (χ0) is 13.7. The zero-order valence-electron chi connectivity index (χ0n) is 10.8. The second-order valence-corrected chi connectivity index (χ2v) is 4.68. The van der Waals surface area contributed by atoms with Gasteiger partial charge in [0.2, 0.25) is 0 Å². The molecule has 1 aliphatic heterocycles. The van der Waals surface area contributed by atoms with Crippen molar-refractivity contribution in [3.8, 4) is 5.75 Å². The van der Waals surface area contributed by atoms with Gasteiger partial charge in [0.1, 0.15) is 11.6 Å². The number of hydrogen-bond donors (Lipinski definition) is 1. The second kappa shape index (κ2) is 6.52. The van der Waals surface area contributed by atoms with Crippen LogP contribution in [0.15, 0.2) is 18.2 Å². The number of piperidine rings is 1. The number of carbonyl (C=O) groups excluding carboxylic acids is 1. The fourth-order valence-corrected chi connectivity index (χ4v) is 2.18. The van der Waals surface area contributed by atoms with Crippen LogP contribution in [0.25, 0.3) is 0 Å². The van der Waals surface area contributed by atoms with E-state index in [0.717, 1.165) is 32.4 Å². The zero-order valence-corrected chi connectivity index (χ0v) is 10.8. The molecule has 1 aliphatic rings. The number of benzene rings is 1. The summed E-state index contributed by atoms with van der Waals surface area (Å²) in [6.07, 6.45) is 3.22. The first-order valence-electron chi connectivity index (χ1n) is 6.50. The third-order valence-corrected chi connectivity index (χ3v) is 3.18. The maximum Gasteiger partial charge on any atom is 0.260 e. The molecule has 1 amide bonds. The van der Waals surface area contributed by atoms with Gasteiger partial charge < -0.3 is 14.7 Å². The molecule has 0 atom stereocenters. The van der Waals surface area contributed by atoms with Gasteiger partial charge in [0, 0.05) is 19.2 Å². The van der Waals surface area contributed by atoms with Crippen LogP contribution in [-0.2, 0) is 11.4 Å². The quantitative estimate of drug-likeness (QED) is 0.903. The van der Waals surface area contributed by atoms with Gasteiger partial charge in [0.05, 0.1) is 6.61 Å². The number of amides is 1. The molecule has 0 unspecified atom stereocenters. The smallest absolute Gasteiger partial charge is 0.260 e. The van der Waals surface area contributed by atoms with Crippen LogP contribution in [0.3, 0.4) is 0 Å². The third-order valence-electron chi connectivity index (χ3n) is 3.18. The molecule has 1 N–H and O–H groups in total. The maximum atomic E-state index is 13.2. The highest BCUT2D eigenvalue weighted by Crippen LogP contribution is 2.17. The van der Waals surface area contributed by atoms with Crippen LogP contribution in [0.4, 0.5) is 4.39 Å². The van der Waals surface area contributed by atoms with Gasteiger partial charge in [-0.1, -0.05) is 0 Å². The first kappa shape index (κ1) is 13.8. The Morgan fingerprint density at radius 1 is 1.26 bits per heavy atom. The Kier molecular flexibility index (Phi) is 4.74. The van der Waals surface area contributed by atoms with Gasteiger partial charge in [-0.2, -0.15) is 0 Å². The fourth-order valence-electron chi connectivity index (χ4n) is 2.18. The molecule has 1 aromatic rings. The highest BCUT2D eigenvalue weighted by Gasteiger charge is 2.16. The van der Waals surface area contributed by atoms with Crippen molar-refractivity contribution >= 4 is 5.91 Å². The van der Waals surface area contributed by atoms with Crippen LogP contribution in [0.1, 0.15) is 24.8 Å². The molecule has 5 heteroatoms. The minimum absolute atomic E-state index is 0.0745. The number of aliphatic hydroxyl groups is 1. The molecule has 2 rings (SSSR count). The van der Waals surface area contributed by atoms with Crippen LogP contribution >= 0.6 is 0 Å². The van der Waals surface area contributed by atoms with Crippen molar-refractivity contribution in [3.05, 3.63) is 29.6 Å². The molecule has 0 radical (unpaired) electrons. The maximum absolute atomic E-state index is 13.2. The molecular weight excluding hydrogens is 249 g/mol. The number of likely N-dealkylation sites (tertiary alicyclic amines) is 1. The van der Waals surface area contributed by atoms with E-state index >= 15 is 0 Å². The minimum Gasteiger partial charge on any atom is -0.484 e. The summed E-state index contributed by atoms with van der Waals surface area (Å²) >= 11 is 0. The largest absolute Gasteiger partial charge is 0.484 e. The predicted octanol–water partition coefficient (Wildman–Crippen LogP) is 1.71. The van der Waals surface area contributed by atoms with E-state index < -0.39 is 5.82 Å². The molecule has 0 bridgehead atoms. The summed E-state index contributed by atoms with van der Waals surface area (Å²) in [5, 5.41) is 8.97. The number of nitrogens with zero attached hydrogens (tertiary/aromatic N) is 1. The average Bonchev–Trinajstić information content (AvgIpc) is 2.45. The van der Waals surface area contributed by atoms with E-state index in [4.69, 9.17) is 9.84 Å². The molecule has 0 aromatic heterocycles. The van der Waals surface area contributed by atoms with Crippen LogP contribution in [0, 0.1) is 5.82 Å². The molecule has 4 nitrogen and oxygen atoms in total. The molecule has 0 spiro atoms. The molecule has 1 aromatic carbocycles. The number of halogens is 1. The first-order valence-corrected chi connectivity index (χ1v) is 6.50. The summed E-state index contributed by atoms with van der Waals surface area (Å²) < 4.78 is 18.5. The topological polar surface area (TPSA) is 49.8 Å². The van der Waals surface area contributed by atoms with Crippen LogP contribution < -0.4 is 4.74 Å². The van der Waals surface area contributed by atoms with Gasteiger partial charge in [-0.15, -0.1) is 0 Å². The highest BCUT2D eigenvalue weighted by atomic mass is 19.1. The lowest BCUT2D eigenvalue weighted by atomic mass is 10.1. The summed E-state index contributed by atoms with van der Waals surface area (Å²) in [4.78, 5) is 13.6. The van der Waals surface area contributed by atoms with Crippen molar-refractivity contribution in [3.63, 3.8) is 0 Å². The van der Waals surface area contributed by atoms with E-state index in [1.807, 2.05) is 0 Å². The molecule has 1 saturated heterocycles. The standard InChI is InChI=1S/C14H18FNO3/c15-12-6-11(9-17)7-13(8-12)19-10-14(18)16-4-2-1-3-5-16/h6-8,17H,1-5,9-10H2. The molecular formula is C14H18FNO3.